The van der Waals surface area contributed by atoms with Crippen molar-refractivity contribution in [3.8, 4) is 5.75 Å². The molecule has 9 N–H and O–H groups in total. The zero-order valence-electron chi connectivity index (χ0n) is 73.4. The summed E-state index contributed by atoms with van der Waals surface area (Å²) in [5, 5.41) is 40.4. The zero-order valence-corrected chi connectivity index (χ0v) is 73.4. The van der Waals surface area contributed by atoms with Gasteiger partial charge in [0.25, 0.3) is 22.2 Å². The number of aromatic amines is 4. The second kappa shape index (κ2) is 42.1. The van der Waals surface area contributed by atoms with Crippen LogP contribution in [0.2, 0.25) is 0 Å². The molecule has 9 aromatic rings. The number of carboxylic acid groups (broad SMARTS) is 4. The number of H-pyrrole nitrogens is 4. The molecule has 0 bridgehead atoms. The molecule has 15 rings (SSSR count). The van der Waals surface area contributed by atoms with Gasteiger partial charge >= 0.3 is 23.9 Å². The average molecular weight is 1720 g/mol. The Hall–Kier alpha value is -13.0. The molecule has 2 aliphatic carbocycles. The van der Waals surface area contributed by atoms with Gasteiger partial charge in [-0.3, -0.25) is 38.4 Å². The van der Waals surface area contributed by atoms with E-state index in [2.05, 4.69) is 128 Å². The summed E-state index contributed by atoms with van der Waals surface area (Å²) in [6.45, 7) is 31.6. The van der Waals surface area contributed by atoms with Gasteiger partial charge in [-0.2, -0.15) is 0 Å². The van der Waals surface area contributed by atoms with E-state index in [-0.39, 0.29) is 53.0 Å². The van der Waals surface area contributed by atoms with E-state index in [1.807, 2.05) is 96.1 Å². The number of anilines is 10. The summed E-state index contributed by atoms with van der Waals surface area (Å²) in [7, 11) is 0. The van der Waals surface area contributed by atoms with Gasteiger partial charge < -0.3 is 70.0 Å². The van der Waals surface area contributed by atoms with E-state index in [1.165, 1.54) is 49.7 Å². The summed E-state index contributed by atoms with van der Waals surface area (Å²) >= 11 is 0. The Balaban J connectivity index is 0.000000153. The van der Waals surface area contributed by atoms with E-state index >= 15 is 0 Å². The van der Waals surface area contributed by atoms with Gasteiger partial charge in [0.15, 0.2) is 44.7 Å². The Morgan fingerprint density at radius 3 is 1.19 bits per heavy atom. The van der Waals surface area contributed by atoms with Gasteiger partial charge in [-0.1, -0.05) is 122 Å². The molecule has 0 radical (unpaired) electrons. The van der Waals surface area contributed by atoms with E-state index in [0.29, 0.717) is 119 Å². The summed E-state index contributed by atoms with van der Waals surface area (Å²) in [5.74, 6) is 0.641. The maximum Gasteiger partial charge on any atom is 0.309 e. The lowest BCUT2D eigenvalue weighted by atomic mass is 9.87. The first-order valence-corrected chi connectivity index (χ1v) is 44.1. The van der Waals surface area contributed by atoms with Crippen molar-refractivity contribution >= 4 is 130 Å². The molecular weight excluding hydrogens is 1600 g/mol. The lowest BCUT2D eigenvalue weighted by Gasteiger charge is -2.29. The lowest BCUT2D eigenvalue weighted by Crippen LogP contribution is -2.42. The first-order chi connectivity index (χ1) is 60.4. The number of para-hydroxylation sites is 1. The third-order valence-electron chi connectivity index (χ3n) is 23.9. The number of aliphatic carboxylic acids is 4. The van der Waals surface area contributed by atoms with E-state index in [9.17, 15) is 43.5 Å². The molecule has 0 atom stereocenters. The minimum absolute atomic E-state index is 0.184. The monoisotopic (exact) mass is 1720 g/mol. The molecule has 2 fully saturated rings. The van der Waals surface area contributed by atoms with Crippen molar-refractivity contribution in [2.24, 2.45) is 31.3 Å². The van der Waals surface area contributed by atoms with Crippen molar-refractivity contribution < 1.29 is 44.3 Å². The van der Waals surface area contributed by atoms with Gasteiger partial charge in [0.1, 0.15) is 27.7 Å². The van der Waals surface area contributed by atoms with Gasteiger partial charge in [0.05, 0.1) is 57.0 Å². The highest BCUT2D eigenvalue weighted by Crippen LogP contribution is 2.44. The van der Waals surface area contributed by atoms with Crippen molar-refractivity contribution in [1.82, 2.24) is 39.9 Å². The number of unbranched alkanes of at least 4 members (excludes halogenated alkanes) is 11. The van der Waals surface area contributed by atoms with E-state index < -0.39 is 29.3 Å². The molecule has 0 amide bonds. The predicted molar refractivity (Wildman–Crippen MR) is 491 cm³/mol. The molecule has 2 saturated carbocycles. The molecule has 8 heterocycles. The fourth-order valence-corrected chi connectivity index (χ4v) is 16.8. The van der Waals surface area contributed by atoms with E-state index in [0.717, 1.165) is 181 Å². The molecule has 4 aromatic heterocycles. The minimum atomic E-state index is -0.768. The topological polar surface area (TPSA) is 416 Å². The highest BCUT2D eigenvalue weighted by atomic mass is 16.5. The Kier molecular flexibility index (Phi) is 30.8. The third kappa shape index (κ3) is 23.5. The Morgan fingerprint density at radius 1 is 0.429 bits per heavy atom. The largest absolute Gasteiger partial charge is 0.490 e. The Labute approximate surface area is 730 Å². The van der Waals surface area contributed by atoms with E-state index in [1.54, 1.807) is 13.8 Å². The third-order valence-corrected chi connectivity index (χ3v) is 23.9. The molecule has 0 unspecified atom stereocenters. The van der Waals surface area contributed by atoms with Crippen LogP contribution in [0.4, 0.5) is 80.1 Å². The van der Waals surface area contributed by atoms with Crippen molar-refractivity contribution in [3.05, 3.63) is 197 Å². The molecule has 5 aromatic carbocycles. The molecule has 6 aliphatic rings. The van der Waals surface area contributed by atoms with Crippen molar-refractivity contribution in [1.29, 1.82) is 0 Å². The van der Waals surface area contributed by atoms with E-state index in [4.69, 9.17) is 20.1 Å². The molecular formula is C96H117N17O13. The van der Waals surface area contributed by atoms with Crippen molar-refractivity contribution in [3.63, 3.8) is 0 Å². The second-order valence-corrected chi connectivity index (χ2v) is 34.3. The number of rotatable bonds is 34. The number of carbonyl (C=O) groups is 4. The van der Waals surface area contributed by atoms with Crippen LogP contribution >= 0.6 is 0 Å². The Bertz CT molecular complexity index is 6110. The van der Waals surface area contributed by atoms with Crippen LogP contribution in [0.1, 0.15) is 221 Å². The van der Waals surface area contributed by atoms with Gasteiger partial charge in [-0.25, -0.2) is 39.9 Å². The molecule has 664 valence electrons. The van der Waals surface area contributed by atoms with Crippen LogP contribution < -0.4 is 95.2 Å². The zero-order chi connectivity index (χ0) is 90.0. The van der Waals surface area contributed by atoms with Gasteiger partial charge in [-0.05, 0) is 226 Å². The number of carboxylic acids is 4. The first kappa shape index (κ1) is 92.2. The van der Waals surface area contributed by atoms with Crippen molar-refractivity contribution in [2.45, 2.75) is 234 Å². The number of fused-ring (bicyclic) bond motifs is 8. The fraction of sp³-hybridized carbons (Fsp3) is 0.438. The number of aromatic nitrogens is 8. The summed E-state index contributed by atoms with van der Waals surface area (Å²) in [6.07, 6.45) is 24.7. The number of nitrogens with one attached hydrogen (secondary N) is 5. The van der Waals surface area contributed by atoms with Gasteiger partial charge in [-0.15, -0.1) is 0 Å². The normalized spacial score (nSPS) is 13.9. The molecule has 4 aliphatic heterocycles. The smallest absolute Gasteiger partial charge is 0.309 e. The maximum absolute atomic E-state index is 12.6. The molecule has 0 saturated heterocycles. The van der Waals surface area contributed by atoms with Crippen LogP contribution in [0.5, 0.6) is 5.75 Å². The highest BCUT2D eigenvalue weighted by molar-refractivity contribution is 5.84. The Morgan fingerprint density at radius 2 is 0.778 bits per heavy atom. The fourth-order valence-electron chi connectivity index (χ4n) is 16.8. The second-order valence-electron chi connectivity index (χ2n) is 34.3. The first-order valence-electron chi connectivity index (χ1n) is 44.1. The lowest BCUT2D eigenvalue weighted by molar-refractivity contribution is -0.147. The van der Waals surface area contributed by atoms with Crippen LogP contribution in [0.15, 0.2) is 118 Å². The SMILES string of the molecule is C=c1nc2c(c(=O)[nH]1)=Nc1cc(C)c(C)cc1N2CCCCCC(C)(C)C(=O)O.C=c1nc2c(c(=O)[nH]1)=Nc1cc(C)c(CC3CCCC3)cc1N2CCCCCCC(=O)O.C=c1nc2c(c(=O)[nH]1)=Nc1cc(C)c(Nc3ccccc3)cc1N2CCCCCCC(=O)O.C=c1nc2c(c(=O)[nH]1)=Nc1cc(C)c(OC3CCCC3)cc1N2CCCCCCC(=O)O. The molecule has 30 heteroatoms. The molecule has 0 spiro atoms. The maximum atomic E-state index is 12.6. The number of benzene rings is 5. The highest BCUT2D eigenvalue weighted by Gasteiger charge is 2.32. The molecule has 126 heavy (non-hydrogen) atoms. The summed E-state index contributed by atoms with van der Waals surface area (Å²) in [4.78, 5) is 149. The molecule has 30 nitrogen and oxygen atoms in total. The summed E-state index contributed by atoms with van der Waals surface area (Å²) in [5.41, 5.74) is 14.8. The number of aryl methyl sites for hydroxylation is 5. The standard InChI is InChI=1S/C25H27N5O3.C25H32N4O3.C24H30N4O4.C22H28N4O3/c1-16-14-20-21(15-19(16)28-18-10-6-5-7-11-18)30(13-9-4-3-8-12-22(31)32)24-23(29-20)25(33)27-17(2)26-24;1-16-13-20-21(15-19(16)14-18-9-6-7-10-18)29(12-8-4-3-5-11-22(30)31)24-23(28-20)25(32)27-17(2)26-24;1-15-13-18-19(14-20(15)32-17-9-6-7-10-17)28(12-8-4-3-5-11-21(29)30)23-22(27-18)24(31)26-16(2)25-23;1-13-11-16-17(12-14(13)2)26(10-8-6-7-9-22(4,5)21(28)29)19-18(25-16)20(27)24-15(3)23-19/h5-7,10-11,14-15,28H,2-4,8-9,12-13H2,1H3,(H,27,33)(H,31,32);13,15,18H,2-12,14H2,1H3,(H,27,32)(H,30,31);13-14,17H,2-12H2,1H3,(H,26,31)(H,29,30);11-12H,3,6-10H2,1-2,4-5H3,(H,24,27)(H,28,29). The van der Waals surface area contributed by atoms with Crippen LogP contribution in [0.3, 0.4) is 0 Å². The summed E-state index contributed by atoms with van der Waals surface area (Å²) in [6, 6.07) is 26.3. The summed E-state index contributed by atoms with van der Waals surface area (Å²) < 4.78 is 6.31. The van der Waals surface area contributed by atoms with Crippen LogP contribution in [0.25, 0.3) is 26.3 Å². The quantitative estimate of drug-likeness (QED) is 0.0169. The number of ether oxygens (including phenoxy) is 1. The average Bonchev–Trinajstić information content (AvgIpc) is 0.945. The number of nitrogens with zero attached hydrogens (tertiary/aromatic N) is 12. The number of hydrogen-bond donors (Lipinski definition) is 9. The number of hydrogen-bond acceptors (Lipinski definition) is 22. The van der Waals surface area contributed by atoms with Crippen LogP contribution in [-0.2, 0) is 25.6 Å². The van der Waals surface area contributed by atoms with Crippen LogP contribution in [0, 0.1) is 46.0 Å². The van der Waals surface area contributed by atoms with Crippen molar-refractivity contribution in [2.75, 3.05) is 51.1 Å². The van der Waals surface area contributed by atoms with Gasteiger partial charge in [0.2, 0.25) is 0 Å². The van der Waals surface area contributed by atoms with Crippen LogP contribution in [-0.4, -0.2) is 116 Å². The van der Waals surface area contributed by atoms with Gasteiger partial charge in [0, 0.05) is 62.9 Å². The predicted octanol–water partition coefficient (Wildman–Crippen LogP) is 13.4. The minimum Gasteiger partial charge on any atom is -0.490 e.